The zero-order valence-corrected chi connectivity index (χ0v) is 22.2. The largest absolute Gasteiger partial charge is 0.267 e. The molecule has 2 heterocycles. The lowest BCUT2D eigenvalue weighted by atomic mass is 10.1. The lowest BCUT2D eigenvalue weighted by Crippen LogP contribution is -2.49. The highest BCUT2D eigenvalue weighted by atomic mass is 35.5. The third-order valence-electron chi connectivity index (χ3n) is 6.04. The molecule has 3 aromatic rings. The number of aromatic nitrogens is 1. The summed E-state index contributed by atoms with van der Waals surface area (Å²) in [7, 11) is -7.77. The summed E-state index contributed by atoms with van der Waals surface area (Å²) in [6, 6.07) is 15.7. The molecule has 186 valence electrons. The molecule has 1 aliphatic rings. The van der Waals surface area contributed by atoms with Crippen molar-refractivity contribution in [3.63, 3.8) is 0 Å². The molecule has 0 unspecified atom stereocenters. The summed E-state index contributed by atoms with van der Waals surface area (Å²) in [6.07, 6.45) is 2.78. The number of halogens is 2. The van der Waals surface area contributed by atoms with Crippen LogP contribution < -0.4 is 4.31 Å². The fraction of sp³-hybridized carbons (Fsp3) is 0.292. The molecule has 0 N–H and O–H groups in total. The second kappa shape index (κ2) is 10.4. The van der Waals surface area contributed by atoms with Crippen LogP contribution in [0, 0.1) is 0 Å². The normalized spacial score (nSPS) is 15.7. The maximum Gasteiger partial charge on any atom is 0.267 e. The number of rotatable bonds is 7. The Morgan fingerprint density at radius 3 is 2.17 bits per heavy atom. The van der Waals surface area contributed by atoms with Crippen molar-refractivity contribution in [3.05, 3.63) is 82.5 Å². The van der Waals surface area contributed by atoms with Gasteiger partial charge in [-0.05, 0) is 61.2 Å². The minimum Gasteiger partial charge on any atom is -0.247 e. The number of piperidine rings is 1. The first-order valence-electron chi connectivity index (χ1n) is 11.1. The Morgan fingerprint density at radius 2 is 1.60 bits per heavy atom. The number of aryl methyl sites for hydroxylation is 1. The van der Waals surface area contributed by atoms with Crippen molar-refractivity contribution in [2.45, 2.75) is 42.0 Å². The fourth-order valence-corrected chi connectivity index (χ4v) is 7.87. The van der Waals surface area contributed by atoms with Gasteiger partial charge in [0, 0.05) is 25.3 Å². The number of sulfonamides is 2. The average molecular weight is 555 g/mol. The number of hydrogen-bond donors (Lipinski definition) is 0. The molecule has 0 spiro atoms. The van der Waals surface area contributed by atoms with Gasteiger partial charge in [0.15, 0.2) is 0 Å². The third kappa shape index (κ3) is 5.34. The van der Waals surface area contributed by atoms with Crippen molar-refractivity contribution in [3.8, 4) is 0 Å². The van der Waals surface area contributed by atoms with Crippen LogP contribution >= 0.6 is 23.2 Å². The molecule has 1 aliphatic heterocycles. The van der Waals surface area contributed by atoms with Crippen molar-refractivity contribution in [1.82, 2.24) is 9.29 Å². The van der Waals surface area contributed by atoms with Crippen molar-refractivity contribution < 1.29 is 16.8 Å². The molecule has 2 aromatic carbocycles. The van der Waals surface area contributed by atoms with E-state index in [1.54, 1.807) is 30.3 Å². The van der Waals surface area contributed by atoms with Crippen molar-refractivity contribution in [2.75, 3.05) is 17.4 Å². The van der Waals surface area contributed by atoms with Gasteiger partial charge in [-0.3, -0.25) is 0 Å². The molecule has 0 bridgehead atoms. The topological polar surface area (TPSA) is 87.7 Å². The predicted molar refractivity (Wildman–Crippen MR) is 138 cm³/mol. The van der Waals surface area contributed by atoms with Gasteiger partial charge in [0.1, 0.15) is 10.7 Å². The van der Waals surface area contributed by atoms with Gasteiger partial charge in [-0.1, -0.05) is 54.4 Å². The van der Waals surface area contributed by atoms with Crippen LogP contribution in [0.15, 0.2) is 76.7 Å². The summed E-state index contributed by atoms with van der Waals surface area (Å²) in [6.45, 7) is 2.35. The zero-order chi connectivity index (χ0) is 25.2. The maximum absolute atomic E-state index is 13.7. The van der Waals surface area contributed by atoms with Crippen molar-refractivity contribution >= 4 is 49.1 Å². The zero-order valence-electron chi connectivity index (χ0n) is 19.0. The standard InChI is InChI=1S/C24H25Cl2N3O4S2/c1-2-18-7-10-21(11-8-18)34(30,31)28-15-13-20(14-16-28)29(24-12-9-19(25)17-27-24)35(32,33)23-6-4-3-5-22(23)26/h3-12,17,20H,2,13-16H2,1H3. The van der Waals surface area contributed by atoms with Crippen LogP contribution in [0.3, 0.4) is 0 Å². The van der Waals surface area contributed by atoms with E-state index in [9.17, 15) is 16.8 Å². The number of anilines is 1. The molecule has 0 aliphatic carbocycles. The highest BCUT2D eigenvalue weighted by Crippen LogP contribution is 2.33. The molecular weight excluding hydrogens is 529 g/mol. The molecule has 0 amide bonds. The molecule has 0 atom stereocenters. The number of hydrogen-bond acceptors (Lipinski definition) is 5. The first kappa shape index (κ1) is 25.9. The van der Waals surface area contributed by atoms with Crippen molar-refractivity contribution in [2.24, 2.45) is 0 Å². The number of nitrogens with zero attached hydrogens (tertiary/aromatic N) is 3. The smallest absolute Gasteiger partial charge is 0.247 e. The third-order valence-corrected chi connectivity index (χ3v) is 10.5. The van der Waals surface area contributed by atoms with Crippen LogP contribution in [-0.4, -0.2) is 45.3 Å². The molecular formula is C24H25Cl2N3O4S2. The van der Waals surface area contributed by atoms with Gasteiger partial charge in [-0.25, -0.2) is 26.1 Å². The Hall–Kier alpha value is -2.17. The van der Waals surface area contributed by atoms with E-state index in [0.29, 0.717) is 17.9 Å². The van der Waals surface area contributed by atoms with E-state index in [0.717, 1.165) is 12.0 Å². The second-order valence-electron chi connectivity index (χ2n) is 8.20. The van der Waals surface area contributed by atoms with Gasteiger partial charge in [-0.2, -0.15) is 4.31 Å². The Bertz CT molecular complexity index is 1390. The van der Waals surface area contributed by atoms with E-state index in [2.05, 4.69) is 4.98 Å². The Labute approximate surface area is 216 Å². The Kier molecular flexibility index (Phi) is 7.73. The summed E-state index contributed by atoms with van der Waals surface area (Å²) in [5, 5.41) is 0.473. The minimum atomic E-state index is -4.08. The number of benzene rings is 2. The summed E-state index contributed by atoms with van der Waals surface area (Å²) in [5.74, 6) is 0.200. The van der Waals surface area contributed by atoms with Crippen LogP contribution in [0.4, 0.5) is 5.82 Å². The van der Waals surface area contributed by atoms with Gasteiger partial charge in [0.2, 0.25) is 10.0 Å². The minimum absolute atomic E-state index is 0.0375. The molecule has 11 heteroatoms. The van der Waals surface area contributed by atoms with Crippen LogP contribution in [0.2, 0.25) is 10.0 Å². The highest BCUT2D eigenvalue weighted by Gasteiger charge is 2.38. The summed E-state index contributed by atoms with van der Waals surface area (Å²) < 4.78 is 56.5. The highest BCUT2D eigenvalue weighted by molar-refractivity contribution is 7.93. The quantitative estimate of drug-likeness (QED) is 0.410. The van der Waals surface area contributed by atoms with Crippen LogP contribution in [0.25, 0.3) is 0 Å². The molecule has 1 aromatic heterocycles. The molecule has 0 saturated carbocycles. The molecule has 0 radical (unpaired) electrons. The SMILES string of the molecule is CCc1ccc(S(=O)(=O)N2CCC(N(c3ccc(Cl)cn3)S(=O)(=O)c3ccccc3Cl)CC2)cc1. The van der Waals surface area contributed by atoms with E-state index in [-0.39, 0.29) is 33.7 Å². The molecule has 1 saturated heterocycles. The van der Waals surface area contributed by atoms with E-state index in [4.69, 9.17) is 23.2 Å². The fourth-order valence-electron chi connectivity index (χ4n) is 4.13. The van der Waals surface area contributed by atoms with E-state index in [1.807, 2.05) is 19.1 Å². The van der Waals surface area contributed by atoms with Crippen LogP contribution in [0.1, 0.15) is 25.3 Å². The van der Waals surface area contributed by atoms with Crippen LogP contribution in [0.5, 0.6) is 0 Å². The van der Waals surface area contributed by atoms with E-state index in [1.165, 1.54) is 33.0 Å². The summed E-state index contributed by atoms with van der Waals surface area (Å²) >= 11 is 12.2. The summed E-state index contributed by atoms with van der Waals surface area (Å²) in [5.41, 5.74) is 1.05. The lowest BCUT2D eigenvalue weighted by molar-refractivity contribution is 0.320. The molecule has 1 fully saturated rings. The Morgan fingerprint density at radius 1 is 0.943 bits per heavy atom. The lowest BCUT2D eigenvalue weighted by Gasteiger charge is -2.38. The van der Waals surface area contributed by atoms with Gasteiger partial charge in [0.05, 0.1) is 14.9 Å². The van der Waals surface area contributed by atoms with Gasteiger partial charge in [-0.15, -0.1) is 0 Å². The average Bonchev–Trinajstić information content (AvgIpc) is 2.86. The maximum atomic E-state index is 13.7. The molecule has 35 heavy (non-hydrogen) atoms. The van der Waals surface area contributed by atoms with Gasteiger partial charge in [0.25, 0.3) is 10.0 Å². The van der Waals surface area contributed by atoms with E-state index >= 15 is 0 Å². The summed E-state index contributed by atoms with van der Waals surface area (Å²) in [4.78, 5) is 4.44. The first-order chi connectivity index (χ1) is 16.6. The van der Waals surface area contributed by atoms with E-state index < -0.39 is 26.1 Å². The monoisotopic (exact) mass is 553 g/mol. The van der Waals surface area contributed by atoms with Gasteiger partial charge >= 0.3 is 0 Å². The number of pyridine rings is 1. The molecule has 4 rings (SSSR count). The molecule has 7 nitrogen and oxygen atoms in total. The van der Waals surface area contributed by atoms with Crippen molar-refractivity contribution in [1.29, 1.82) is 0 Å². The predicted octanol–water partition coefficient (Wildman–Crippen LogP) is 5.00. The second-order valence-corrected chi connectivity index (χ2v) is 12.8. The van der Waals surface area contributed by atoms with Crippen LogP contribution in [-0.2, 0) is 26.5 Å². The first-order valence-corrected chi connectivity index (χ1v) is 14.8. The Balaban J connectivity index is 1.63. The van der Waals surface area contributed by atoms with Gasteiger partial charge < -0.3 is 0 Å².